The number of benzene rings is 12. The molecule has 0 radical (unpaired) electrons. The van der Waals surface area contributed by atoms with E-state index in [0.29, 0.717) is 39.6 Å². The van der Waals surface area contributed by atoms with Crippen LogP contribution in [0.5, 0.6) is 0 Å². The van der Waals surface area contributed by atoms with Gasteiger partial charge in [0, 0.05) is 125 Å². The normalized spacial score (nSPS) is 12.8. The van der Waals surface area contributed by atoms with Crippen molar-refractivity contribution in [2.24, 2.45) is 45.3 Å². The zero-order valence-corrected chi connectivity index (χ0v) is 88.8. The Morgan fingerprint density at radius 3 is 0.615 bits per heavy atom. The number of rotatable bonds is 20. The van der Waals surface area contributed by atoms with Crippen LogP contribution in [0.15, 0.2) is 180 Å². The second-order valence-electron chi connectivity index (χ2n) is 41.6. The molecule has 0 unspecified atom stereocenters. The molecule has 0 saturated carbocycles. The number of hydrogen-bond donors (Lipinski definition) is 0. The largest absolute Gasteiger partial charge is 0.363 e. The Labute approximate surface area is 819 Å². The minimum atomic E-state index is -0.689. The van der Waals surface area contributed by atoms with Crippen molar-refractivity contribution in [3.05, 3.63) is 213 Å². The maximum atomic E-state index is 6.71. The van der Waals surface area contributed by atoms with E-state index in [-0.39, 0.29) is 45.3 Å². The molecule has 0 aliphatic heterocycles. The van der Waals surface area contributed by atoms with Gasteiger partial charge in [0.05, 0.1) is 0 Å². The summed E-state index contributed by atoms with van der Waals surface area (Å²) in [5, 5.41) is 30.9. The van der Waals surface area contributed by atoms with Crippen molar-refractivity contribution < 1.29 is 28.4 Å². The zero-order valence-electron chi connectivity index (χ0n) is 86.4. The van der Waals surface area contributed by atoms with Gasteiger partial charge in [-0.2, -0.15) is 0 Å². The highest BCUT2D eigenvalue weighted by Crippen LogP contribution is 2.51. The predicted octanol–water partition coefficient (Wildman–Crippen LogP) is 34.3. The molecule has 9 heteroatoms. The first-order chi connectivity index (χ1) is 64.1. The maximum absolute atomic E-state index is 6.71. The molecule has 0 N–H and O–H groups in total. The van der Waals surface area contributed by atoms with Gasteiger partial charge in [-0.25, -0.2) is 0 Å². The van der Waals surface area contributed by atoms with Crippen molar-refractivity contribution in [3.8, 4) is 71.0 Å². The highest BCUT2D eigenvalue weighted by molar-refractivity contribution is 7.18. The molecule has 15 aromatic rings. The molecule has 0 bridgehead atoms. The third-order valence-electron chi connectivity index (χ3n) is 28.3. The lowest BCUT2D eigenvalue weighted by molar-refractivity contribution is -0.135. The van der Waals surface area contributed by atoms with Gasteiger partial charge in [-0.1, -0.05) is 310 Å². The van der Waals surface area contributed by atoms with E-state index in [0.717, 1.165) is 124 Å². The van der Waals surface area contributed by atoms with E-state index in [1.54, 1.807) is 34.0 Å². The van der Waals surface area contributed by atoms with Crippen LogP contribution in [0.2, 0.25) is 0 Å². The second kappa shape index (κ2) is 41.3. The van der Waals surface area contributed by atoms with Crippen LogP contribution in [0.3, 0.4) is 0 Å². The highest BCUT2D eigenvalue weighted by Gasteiger charge is 2.52. The van der Waals surface area contributed by atoms with Crippen LogP contribution in [0.4, 0.5) is 0 Å². The topological polar surface area (TPSA) is 55.4 Å². The third-order valence-corrected chi connectivity index (χ3v) is 30.9. The van der Waals surface area contributed by atoms with E-state index in [9.17, 15) is 0 Å². The average molecular weight is 1850 g/mol. The predicted molar refractivity (Wildman–Crippen MR) is 589 cm³/mol. The fourth-order valence-electron chi connectivity index (χ4n) is 21.3. The zero-order chi connectivity index (χ0) is 97.8. The van der Waals surface area contributed by atoms with Crippen LogP contribution in [0.25, 0.3) is 127 Å². The highest BCUT2D eigenvalue weighted by atomic mass is 32.1. The van der Waals surface area contributed by atoms with Crippen molar-refractivity contribution >= 4 is 161 Å². The first-order valence-corrected chi connectivity index (χ1v) is 52.2. The summed E-state index contributed by atoms with van der Waals surface area (Å²) in [5.41, 5.74) is 1.88. The summed E-state index contributed by atoms with van der Waals surface area (Å²) >= 11 is 5.30. The lowest BCUT2D eigenvalue weighted by Crippen LogP contribution is -2.54. The SMILES string of the molecule is CCOC(C#Cc1c2cc3ccccc3cc2c(C#CC(CC)(CC)OCC)c2cc3sccc3cc12)(CC)CC.CCOC(C#Cc1c2cc3ccccc3cc2c(C#CC(OCC)(C(C)(C)C)C(C)(C)C)c2cc3sccc3cc12)(C(C)(C)C)C(C)(C)C.CCOC(C#Cc1c2cc3ccccc3cc2c(C#CC(OCC)(C(C)C)C(C)C)c2cc3sccc3cc12)(C(C)C)C(C)C. The van der Waals surface area contributed by atoms with Gasteiger partial charge >= 0.3 is 0 Å². The summed E-state index contributed by atoms with van der Waals surface area (Å²) in [6.07, 6.45) is 3.37. The van der Waals surface area contributed by atoms with Gasteiger partial charge in [-0.3, -0.25) is 0 Å². The quantitative estimate of drug-likeness (QED) is 0.0560. The summed E-state index contributed by atoms with van der Waals surface area (Å²) < 4.78 is 42.6. The Morgan fingerprint density at radius 2 is 0.422 bits per heavy atom. The van der Waals surface area contributed by atoms with Crippen LogP contribution in [0, 0.1) is 116 Å². The number of hydrogen-bond acceptors (Lipinski definition) is 9. The van der Waals surface area contributed by atoms with Crippen LogP contribution >= 0.6 is 34.0 Å². The van der Waals surface area contributed by atoms with Crippen LogP contribution in [-0.2, 0) is 28.4 Å². The number of fused-ring (bicyclic) bond motifs is 12. The fourth-order valence-corrected chi connectivity index (χ4v) is 23.7. The van der Waals surface area contributed by atoms with E-state index in [1.165, 1.54) is 62.6 Å². The van der Waals surface area contributed by atoms with Crippen molar-refractivity contribution in [1.82, 2.24) is 0 Å². The van der Waals surface area contributed by atoms with E-state index >= 15 is 0 Å². The van der Waals surface area contributed by atoms with Gasteiger partial charge in [0.1, 0.15) is 33.6 Å². The van der Waals surface area contributed by atoms with E-state index in [4.69, 9.17) is 28.4 Å². The minimum Gasteiger partial charge on any atom is -0.363 e. The Morgan fingerprint density at radius 1 is 0.230 bits per heavy atom. The Kier molecular flexibility index (Phi) is 31.4. The van der Waals surface area contributed by atoms with Gasteiger partial charge in [0.25, 0.3) is 0 Å². The van der Waals surface area contributed by atoms with Crippen molar-refractivity contribution in [1.29, 1.82) is 0 Å². The standard InChI is InChI=1S/C46H56O2S.C42H48O2S.C38H40O2S/c1-15-47-45(41(3,4)5,42(6,7)8)24-21-34-36-27-31-19-17-18-20-32(31)28-37(36)35(39-30-40-33(23-26-49-40)29-38(34)39)22-25-46(48-16-2,43(9,10)11)44(12,13)14;1-11-43-41(27(3)4,28(5)6)20-17-34-36-23-31-15-13-14-16-32(31)24-37(36)35(18-21-42(29(7)8,30(9)10)44-12-2)39-26-40-33(19-22-45-40)25-38(34)39;1-7-37(8-2,39-11-5)20-17-30-32-23-27-15-13-14-16-28(27)24-33(32)31(18-21-38(9-3,10-4)40-12-6)35-26-36-29(19-22-41-36)25-34(30)35/h17-20,23,26-30H,15-16H2,1-14H3;13-16,19,22-30H,11-12H2,1-10H3;13-16,19,22-26H,7-12H2,1-6H3. The maximum Gasteiger partial charge on any atom is 0.138 e. The van der Waals surface area contributed by atoms with Crippen molar-refractivity contribution in [2.75, 3.05) is 39.6 Å². The molecular formula is C126H144O6S3. The molecule has 702 valence electrons. The summed E-state index contributed by atoms with van der Waals surface area (Å²) in [5.74, 6) is 45.7. The monoisotopic (exact) mass is 1850 g/mol. The molecule has 135 heavy (non-hydrogen) atoms. The Bertz CT molecular complexity index is 6860. The number of thiophene rings is 3. The van der Waals surface area contributed by atoms with Crippen molar-refractivity contribution in [3.63, 3.8) is 0 Å². The van der Waals surface area contributed by atoms with Gasteiger partial charge in [0.2, 0.25) is 0 Å². The Hall–Kier alpha value is -10.0. The average Bonchev–Trinajstić information content (AvgIpc) is 1.55. The number of ether oxygens (including phenoxy) is 6. The smallest absolute Gasteiger partial charge is 0.138 e. The molecule has 0 aliphatic carbocycles. The van der Waals surface area contributed by atoms with Gasteiger partial charge in [-0.05, 0) is 295 Å². The molecule has 0 saturated heterocycles. The molecule has 3 heterocycles. The summed E-state index contributed by atoms with van der Waals surface area (Å²) in [6.45, 7) is 69.4. The lowest BCUT2D eigenvalue weighted by Gasteiger charge is -2.49. The molecule has 0 spiro atoms. The van der Waals surface area contributed by atoms with E-state index in [2.05, 4.69) is 452 Å². The van der Waals surface area contributed by atoms with E-state index in [1.807, 2.05) is 6.92 Å². The molecule has 0 aliphatic rings. The minimum absolute atomic E-state index is 0.232. The fraction of sp³-hybridized carbons (Fsp3) is 0.429. The van der Waals surface area contributed by atoms with Crippen LogP contribution in [-0.4, -0.2) is 73.2 Å². The summed E-state index contributed by atoms with van der Waals surface area (Å²) in [6, 6.07) is 60.1. The molecule has 3 aromatic heterocycles. The molecular weight excluding hydrogens is 1710 g/mol. The van der Waals surface area contributed by atoms with Gasteiger partial charge in [0.15, 0.2) is 0 Å². The first kappa shape index (κ1) is 102. The molecule has 0 atom stereocenters. The van der Waals surface area contributed by atoms with Gasteiger partial charge in [-0.15, -0.1) is 34.0 Å². The lowest BCUT2D eigenvalue weighted by atomic mass is 9.62. The molecule has 6 nitrogen and oxygen atoms in total. The second-order valence-corrected chi connectivity index (χ2v) is 44.5. The van der Waals surface area contributed by atoms with Crippen LogP contribution < -0.4 is 0 Å². The molecule has 0 fully saturated rings. The molecule has 0 amide bonds. The summed E-state index contributed by atoms with van der Waals surface area (Å²) in [4.78, 5) is 0. The summed E-state index contributed by atoms with van der Waals surface area (Å²) in [7, 11) is 0. The van der Waals surface area contributed by atoms with E-state index < -0.39 is 33.6 Å². The first-order valence-electron chi connectivity index (χ1n) is 49.6. The van der Waals surface area contributed by atoms with Crippen molar-refractivity contribution in [2.45, 2.75) is 267 Å². The third kappa shape index (κ3) is 19.8. The van der Waals surface area contributed by atoms with Crippen LogP contribution in [0.1, 0.15) is 267 Å². The van der Waals surface area contributed by atoms with Gasteiger partial charge < -0.3 is 28.4 Å². The Balaban J connectivity index is 0.000000172. The molecule has 15 rings (SSSR count). The molecule has 12 aromatic carbocycles.